The molecule has 1 unspecified atom stereocenters. The van der Waals surface area contributed by atoms with Crippen molar-refractivity contribution in [3.63, 3.8) is 0 Å². The standard InChI is InChI=1S/C21H21N5O2/c1-3-17(20(27)23-12-14-8-6-7-11-22-14)26-18-10-5-4-9-15(18)16-13-24-25(2)21(28)19(16)26/h4-11,13,17H,3,12H2,1-2H3,(H,23,27). The summed E-state index contributed by atoms with van der Waals surface area (Å²) in [5.41, 5.74) is 1.92. The van der Waals surface area contributed by atoms with Crippen molar-refractivity contribution in [3.8, 4) is 0 Å². The zero-order valence-electron chi connectivity index (χ0n) is 15.8. The molecule has 1 amide bonds. The van der Waals surface area contributed by atoms with E-state index in [9.17, 15) is 9.59 Å². The predicted molar refractivity (Wildman–Crippen MR) is 108 cm³/mol. The second-order valence-corrected chi connectivity index (χ2v) is 6.69. The van der Waals surface area contributed by atoms with Crippen LogP contribution in [0.25, 0.3) is 21.8 Å². The van der Waals surface area contributed by atoms with Gasteiger partial charge in [0.25, 0.3) is 5.56 Å². The minimum atomic E-state index is -0.513. The highest BCUT2D eigenvalue weighted by Crippen LogP contribution is 2.30. The summed E-state index contributed by atoms with van der Waals surface area (Å²) in [5, 5.41) is 8.79. The number of fused-ring (bicyclic) bond motifs is 3. The molecule has 0 aliphatic heterocycles. The molecule has 1 atom stereocenters. The van der Waals surface area contributed by atoms with Crippen molar-refractivity contribution in [1.29, 1.82) is 0 Å². The minimum absolute atomic E-state index is 0.144. The number of nitrogens with zero attached hydrogens (tertiary/aromatic N) is 4. The zero-order valence-corrected chi connectivity index (χ0v) is 15.8. The van der Waals surface area contributed by atoms with Crippen LogP contribution in [0.15, 0.2) is 59.7 Å². The molecule has 7 heteroatoms. The lowest BCUT2D eigenvalue weighted by atomic mass is 10.2. The highest BCUT2D eigenvalue weighted by molar-refractivity contribution is 6.08. The minimum Gasteiger partial charge on any atom is -0.349 e. The molecule has 0 fully saturated rings. The quantitative estimate of drug-likeness (QED) is 0.581. The number of para-hydroxylation sites is 1. The summed E-state index contributed by atoms with van der Waals surface area (Å²) < 4.78 is 3.15. The maximum absolute atomic E-state index is 13.0. The molecular formula is C21H21N5O2. The maximum Gasteiger partial charge on any atom is 0.291 e. The van der Waals surface area contributed by atoms with Gasteiger partial charge in [0.2, 0.25) is 5.91 Å². The van der Waals surface area contributed by atoms with E-state index < -0.39 is 6.04 Å². The van der Waals surface area contributed by atoms with Crippen molar-refractivity contribution >= 4 is 27.7 Å². The molecule has 0 saturated carbocycles. The van der Waals surface area contributed by atoms with Crippen LogP contribution >= 0.6 is 0 Å². The van der Waals surface area contributed by atoms with E-state index in [0.29, 0.717) is 18.5 Å². The van der Waals surface area contributed by atoms with E-state index in [-0.39, 0.29) is 11.5 Å². The van der Waals surface area contributed by atoms with Crippen LogP contribution in [0, 0.1) is 0 Å². The van der Waals surface area contributed by atoms with Gasteiger partial charge in [0.15, 0.2) is 0 Å². The fourth-order valence-corrected chi connectivity index (χ4v) is 3.60. The summed E-state index contributed by atoms with van der Waals surface area (Å²) in [5.74, 6) is -0.144. The lowest BCUT2D eigenvalue weighted by molar-refractivity contribution is -0.124. The molecule has 0 saturated heterocycles. The van der Waals surface area contributed by atoms with Crippen molar-refractivity contribution in [2.45, 2.75) is 25.9 Å². The molecule has 3 aromatic heterocycles. The van der Waals surface area contributed by atoms with Crippen LogP contribution in [0.1, 0.15) is 25.1 Å². The van der Waals surface area contributed by atoms with Crippen LogP contribution in [0.2, 0.25) is 0 Å². The van der Waals surface area contributed by atoms with Crippen molar-refractivity contribution in [2.24, 2.45) is 7.05 Å². The third-order valence-corrected chi connectivity index (χ3v) is 4.98. The van der Waals surface area contributed by atoms with Crippen LogP contribution in [-0.2, 0) is 18.4 Å². The summed E-state index contributed by atoms with van der Waals surface area (Å²) in [6, 6.07) is 12.8. The third-order valence-electron chi connectivity index (χ3n) is 4.98. The van der Waals surface area contributed by atoms with Crippen LogP contribution < -0.4 is 10.9 Å². The number of aromatic nitrogens is 4. The Balaban J connectivity index is 1.82. The number of carbonyl (C=O) groups is 1. The van der Waals surface area contributed by atoms with E-state index in [0.717, 1.165) is 22.0 Å². The van der Waals surface area contributed by atoms with E-state index >= 15 is 0 Å². The second-order valence-electron chi connectivity index (χ2n) is 6.69. The number of pyridine rings is 1. The highest BCUT2D eigenvalue weighted by atomic mass is 16.2. The zero-order chi connectivity index (χ0) is 19.7. The molecule has 0 aliphatic carbocycles. The summed E-state index contributed by atoms with van der Waals surface area (Å²) in [7, 11) is 1.62. The maximum atomic E-state index is 13.0. The Bertz CT molecular complexity index is 1210. The number of amides is 1. The van der Waals surface area contributed by atoms with E-state index in [2.05, 4.69) is 15.4 Å². The van der Waals surface area contributed by atoms with E-state index in [1.54, 1.807) is 19.4 Å². The van der Waals surface area contributed by atoms with E-state index in [4.69, 9.17) is 0 Å². The second kappa shape index (κ2) is 7.26. The van der Waals surface area contributed by atoms with Crippen molar-refractivity contribution in [2.75, 3.05) is 0 Å². The van der Waals surface area contributed by atoms with Gasteiger partial charge in [-0.15, -0.1) is 0 Å². The van der Waals surface area contributed by atoms with Crippen molar-refractivity contribution < 1.29 is 4.79 Å². The van der Waals surface area contributed by atoms with Crippen LogP contribution in [-0.4, -0.2) is 25.2 Å². The first-order valence-electron chi connectivity index (χ1n) is 9.24. The lowest BCUT2D eigenvalue weighted by Gasteiger charge is -2.19. The summed E-state index contributed by atoms with van der Waals surface area (Å²) in [4.78, 5) is 30.2. The molecule has 28 heavy (non-hydrogen) atoms. The molecule has 1 N–H and O–H groups in total. The SMILES string of the molecule is CCC(C(=O)NCc1ccccn1)n1c2ccccc2c2cnn(C)c(=O)c21. The Morgan fingerprint density at radius 1 is 1.14 bits per heavy atom. The predicted octanol–water partition coefficient (Wildman–Crippen LogP) is 2.55. The molecule has 4 rings (SSSR count). The van der Waals surface area contributed by atoms with Gasteiger partial charge in [-0.25, -0.2) is 4.68 Å². The smallest absolute Gasteiger partial charge is 0.291 e. The van der Waals surface area contributed by atoms with Gasteiger partial charge in [0.05, 0.1) is 24.0 Å². The fraction of sp³-hybridized carbons (Fsp3) is 0.238. The molecule has 142 valence electrons. The molecule has 0 radical (unpaired) electrons. The molecule has 4 aromatic rings. The number of benzene rings is 1. The molecule has 3 heterocycles. The van der Waals surface area contributed by atoms with Gasteiger partial charge in [-0.1, -0.05) is 31.2 Å². The number of aryl methyl sites for hydroxylation is 1. The first-order valence-corrected chi connectivity index (χ1v) is 9.24. The average molecular weight is 375 g/mol. The monoisotopic (exact) mass is 375 g/mol. The number of carbonyl (C=O) groups excluding carboxylic acids is 1. The molecule has 7 nitrogen and oxygen atoms in total. The van der Waals surface area contributed by atoms with Gasteiger partial charge in [-0.05, 0) is 24.6 Å². The van der Waals surface area contributed by atoms with Crippen LogP contribution in [0.5, 0.6) is 0 Å². The number of rotatable bonds is 5. The molecule has 0 bridgehead atoms. The Morgan fingerprint density at radius 2 is 1.93 bits per heavy atom. The van der Waals surface area contributed by atoms with Gasteiger partial charge in [0.1, 0.15) is 11.6 Å². The Kier molecular flexibility index (Phi) is 4.65. The van der Waals surface area contributed by atoms with Gasteiger partial charge < -0.3 is 9.88 Å². The average Bonchev–Trinajstić information content (AvgIpc) is 3.06. The van der Waals surface area contributed by atoms with Gasteiger partial charge >= 0.3 is 0 Å². The lowest BCUT2D eigenvalue weighted by Crippen LogP contribution is -2.33. The Morgan fingerprint density at radius 3 is 2.68 bits per heavy atom. The molecule has 0 aliphatic rings. The summed E-state index contributed by atoms with van der Waals surface area (Å²) in [6.07, 6.45) is 3.93. The third kappa shape index (κ3) is 2.94. The van der Waals surface area contributed by atoms with Gasteiger partial charge in [0, 0.05) is 24.0 Å². The number of hydrogen-bond donors (Lipinski definition) is 1. The highest BCUT2D eigenvalue weighted by Gasteiger charge is 2.25. The summed E-state index contributed by atoms with van der Waals surface area (Å²) >= 11 is 0. The van der Waals surface area contributed by atoms with Crippen LogP contribution in [0.4, 0.5) is 0 Å². The topological polar surface area (TPSA) is 81.8 Å². The van der Waals surface area contributed by atoms with Crippen LogP contribution in [0.3, 0.4) is 0 Å². The molecular weight excluding hydrogens is 354 g/mol. The Labute approximate surface area is 161 Å². The number of nitrogens with one attached hydrogen (secondary N) is 1. The molecule has 0 spiro atoms. The number of hydrogen-bond acceptors (Lipinski definition) is 4. The van der Waals surface area contributed by atoms with E-state index in [1.807, 2.05) is 54.0 Å². The van der Waals surface area contributed by atoms with E-state index in [1.165, 1.54) is 4.68 Å². The fourth-order valence-electron chi connectivity index (χ4n) is 3.60. The first kappa shape index (κ1) is 17.9. The summed E-state index contributed by atoms with van der Waals surface area (Å²) in [6.45, 7) is 2.28. The first-order chi connectivity index (χ1) is 13.6. The van der Waals surface area contributed by atoms with Gasteiger partial charge in [-0.2, -0.15) is 5.10 Å². The molecule has 1 aromatic carbocycles. The largest absolute Gasteiger partial charge is 0.349 e. The van der Waals surface area contributed by atoms with Crippen molar-refractivity contribution in [3.05, 3.63) is 70.9 Å². The van der Waals surface area contributed by atoms with Gasteiger partial charge in [-0.3, -0.25) is 14.6 Å². The normalized spacial score (nSPS) is 12.4. The van der Waals surface area contributed by atoms with Crippen molar-refractivity contribution in [1.82, 2.24) is 24.6 Å². The Hall–Kier alpha value is -3.48.